The molecule has 0 radical (unpaired) electrons. The van der Waals surface area contributed by atoms with Crippen LogP contribution in [0.1, 0.15) is 18.4 Å². The fourth-order valence-electron chi connectivity index (χ4n) is 2.63. The zero-order chi connectivity index (χ0) is 14.4. The third-order valence-corrected chi connectivity index (χ3v) is 4.68. The van der Waals surface area contributed by atoms with E-state index >= 15 is 0 Å². The molecule has 0 bridgehead atoms. The molecule has 1 N–H and O–H groups in total. The molecule has 1 aliphatic heterocycles. The largest absolute Gasteiger partial charge is 0.313 e. The van der Waals surface area contributed by atoms with E-state index < -0.39 is 9.84 Å². The lowest BCUT2D eigenvalue weighted by Crippen LogP contribution is -2.33. The van der Waals surface area contributed by atoms with Gasteiger partial charge in [-0.15, -0.1) is 0 Å². The maximum Gasteiger partial charge on any atom is 0.147 e. The van der Waals surface area contributed by atoms with Crippen LogP contribution in [-0.2, 0) is 16.4 Å². The van der Waals surface area contributed by atoms with Crippen LogP contribution >= 0.6 is 0 Å². The van der Waals surface area contributed by atoms with Crippen molar-refractivity contribution in [1.29, 1.82) is 0 Å². The molecule has 112 valence electrons. The Labute approximate surface area is 122 Å². The van der Waals surface area contributed by atoms with Crippen LogP contribution in [0.4, 0.5) is 0 Å². The lowest BCUT2D eigenvalue weighted by molar-refractivity contribution is 0.320. The van der Waals surface area contributed by atoms with E-state index in [4.69, 9.17) is 0 Å². The minimum Gasteiger partial charge on any atom is -0.313 e. The Morgan fingerprint density at radius 1 is 1.30 bits per heavy atom. The number of rotatable bonds is 7. The van der Waals surface area contributed by atoms with Gasteiger partial charge in [-0.25, -0.2) is 8.42 Å². The minimum atomic E-state index is -2.82. The zero-order valence-electron chi connectivity index (χ0n) is 12.1. The summed E-state index contributed by atoms with van der Waals surface area (Å²) in [6.45, 7) is 3.95. The summed E-state index contributed by atoms with van der Waals surface area (Å²) in [4.78, 5) is 2.45. The summed E-state index contributed by atoms with van der Waals surface area (Å²) in [7, 11) is -2.82. The standard InChI is InChI=1S/C15H24N2O2S/c1-20(18,19)11-5-9-16-15-8-10-17(13-15)12-14-6-3-2-4-7-14/h2-4,6-7,15-16H,5,8-13H2,1H3. The van der Waals surface area contributed by atoms with Gasteiger partial charge in [0.2, 0.25) is 0 Å². The summed E-state index contributed by atoms with van der Waals surface area (Å²) in [5, 5.41) is 3.46. The van der Waals surface area contributed by atoms with Gasteiger partial charge < -0.3 is 5.32 Å². The number of nitrogens with one attached hydrogen (secondary N) is 1. The van der Waals surface area contributed by atoms with Crippen molar-refractivity contribution in [1.82, 2.24) is 10.2 Å². The van der Waals surface area contributed by atoms with Crippen LogP contribution in [0.3, 0.4) is 0 Å². The van der Waals surface area contributed by atoms with Crippen LogP contribution in [0, 0.1) is 0 Å². The van der Waals surface area contributed by atoms with Gasteiger partial charge in [-0.1, -0.05) is 30.3 Å². The molecule has 1 heterocycles. The fraction of sp³-hybridized carbons (Fsp3) is 0.600. The highest BCUT2D eigenvalue weighted by molar-refractivity contribution is 7.90. The van der Waals surface area contributed by atoms with Crippen molar-refractivity contribution in [2.24, 2.45) is 0 Å². The molecule has 1 unspecified atom stereocenters. The molecule has 0 aliphatic carbocycles. The van der Waals surface area contributed by atoms with E-state index in [1.165, 1.54) is 11.8 Å². The van der Waals surface area contributed by atoms with Crippen molar-refractivity contribution in [2.45, 2.75) is 25.4 Å². The number of hydrogen-bond acceptors (Lipinski definition) is 4. The van der Waals surface area contributed by atoms with Crippen LogP contribution in [0.5, 0.6) is 0 Å². The molecule has 1 atom stereocenters. The monoisotopic (exact) mass is 296 g/mol. The third-order valence-electron chi connectivity index (χ3n) is 3.65. The Kier molecular flexibility index (Phi) is 5.57. The summed E-state index contributed by atoms with van der Waals surface area (Å²) in [6.07, 6.45) is 3.14. The van der Waals surface area contributed by atoms with Crippen LogP contribution in [0.2, 0.25) is 0 Å². The normalized spacial score (nSPS) is 20.4. The molecule has 4 nitrogen and oxygen atoms in total. The lowest BCUT2D eigenvalue weighted by atomic mass is 10.2. The molecule has 1 fully saturated rings. The molecular formula is C15H24N2O2S. The molecule has 1 saturated heterocycles. The quantitative estimate of drug-likeness (QED) is 0.770. The predicted octanol–water partition coefficient (Wildman–Crippen LogP) is 1.29. The summed E-state index contributed by atoms with van der Waals surface area (Å²) < 4.78 is 22.1. The van der Waals surface area contributed by atoms with Crippen molar-refractivity contribution in [2.75, 3.05) is 31.6 Å². The van der Waals surface area contributed by atoms with Gasteiger partial charge in [0.15, 0.2) is 0 Å². The van der Waals surface area contributed by atoms with Gasteiger partial charge in [-0.3, -0.25) is 4.90 Å². The van der Waals surface area contributed by atoms with Crippen molar-refractivity contribution in [3.05, 3.63) is 35.9 Å². The third kappa shape index (κ3) is 5.61. The first-order valence-electron chi connectivity index (χ1n) is 7.20. The van der Waals surface area contributed by atoms with Gasteiger partial charge >= 0.3 is 0 Å². The smallest absolute Gasteiger partial charge is 0.147 e. The Bertz CT molecular complexity index is 502. The van der Waals surface area contributed by atoms with Crippen molar-refractivity contribution >= 4 is 9.84 Å². The van der Waals surface area contributed by atoms with E-state index in [0.717, 1.165) is 32.6 Å². The van der Waals surface area contributed by atoms with Crippen LogP contribution < -0.4 is 5.32 Å². The van der Waals surface area contributed by atoms with Gasteiger partial charge in [-0.2, -0.15) is 0 Å². The SMILES string of the molecule is CS(=O)(=O)CCCNC1CCN(Cc2ccccc2)C1. The molecule has 0 aromatic heterocycles. The molecule has 1 aliphatic rings. The van der Waals surface area contributed by atoms with Gasteiger partial charge in [0.1, 0.15) is 9.84 Å². The fourth-order valence-corrected chi connectivity index (χ4v) is 3.29. The topological polar surface area (TPSA) is 49.4 Å². The van der Waals surface area contributed by atoms with Gasteiger partial charge in [0.25, 0.3) is 0 Å². The van der Waals surface area contributed by atoms with E-state index in [1.807, 2.05) is 6.07 Å². The van der Waals surface area contributed by atoms with Crippen molar-refractivity contribution < 1.29 is 8.42 Å². The van der Waals surface area contributed by atoms with Crippen LogP contribution in [-0.4, -0.2) is 51.0 Å². The highest BCUT2D eigenvalue weighted by Crippen LogP contribution is 2.13. The molecule has 1 aromatic rings. The Balaban J connectivity index is 1.65. The molecule has 0 spiro atoms. The maximum absolute atomic E-state index is 11.0. The Morgan fingerprint density at radius 2 is 2.05 bits per heavy atom. The minimum absolute atomic E-state index is 0.278. The number of benzene rings is 1. The van der Waals surface area contributed by atoms with E-state index in [1.54, 1.807) is 0 Å². The van der Waals surface area contributed by atoms with Gasteiger partial charge in [-0.05, 0) is 24.9 Å². The lowest BCUT2D eigenvalue weighted by Gasteiger charge is -2.16. The van der Waals surface area contributed by atoms with Crippen molar-refractivity contribution in [3.63, 3.8) is 0 Å². The Hall–Kier alpha value is -0.910. The first-order chi connectivity index (χ1) is 9.53. The van der Waals surface area contributed by atoms with Crippen LogP contribution in [0.15, 0.2) is 30.3 Å². The second-order valence-corrected chi connectivity index (χ2v) is 7.90. The van der Waals surface area contributed by atoms with Crippen LogP contribution in [0.25, 0.3) is 0 Å². The second-order valence-electron chi connectivity index (χ2n) is 5.64. The number of likely N-dealkylation sites (tertiary alicyclic amines) is 1. The second kappa shape index (κ2) is 7.20. The first-order valence-corrected chi connectivity index (χ1v) is 9.26. The number of nitrogens with zero attached hydrogens (tertiary/aromatic N) is 1. The molecule has 0 saturated carbocycles. The summed E-state index contributed by atoms with van der Waals surface area (Å²) in [5.74, 6) is 0.278. The van der Waals surface area contributed by atoms with E-state index in [-0.39, 0.29) is 5.75 Å². The first kappa shape index (κ1) is 15.5. The van der Waals surface area contributed by atoms with Gasteiger partial charge in [0, 0.05) is 31.9 Å². The highest BCUT2D eigenvalue weighted by atomic mass is 32.2. The van der Waals surface area contributed by atoms with E-state index in [9.17, 15) is 8.42 Å². The van der Waals surface area contributed by atoms with Gasteiger partial charge in [0.05, 0.1) is 5.75 Å². The number of sulfone groups is 1. The average molecular weight is 296 g/mol. The number of hydrogen-bond donors (Lipinski definition) is 1. The molecule has 5 heteroatoms. The Morgan fingerprint density at radius 3 is 2.75 bits per heavy atom. The highest BCUT2D eigenvalue weighted by Gasteiger charge is 2.21. The molecular weight excluding hydrogens is 272 g/mol. The zero-order valence-corrected chi connectivity index (χ0v) is 12.9. The van der Waals surface area contributed by atoms with E-state index in [2.05, 4.69) is 34.5 Å². The predicted molar refractivity (Wildman–Crippen MR) is 82.5 cm³/mol. The van der Waals surface area contributed by atoms with E-state index in [0.29, 0.717) is 12.5 Å². The summed E-state index contributed by atoms with van der Waals surface area (Å²) >= 11 is 0. The summed E-state index contributed by atoms with van der Waals surface area (Å²) in [6, 6.07) is 11.0. The molecule has 0 amide bonds. The average Bonchev–Trinajstić information content (AvgIpc) is 2.82. The molecule has 20 heavy (non-hydrogen) atoms. The van der Waals surface area contributed by atoms with Crippen molar-refractivity contribution in [3.8, 4) is 0 Å². The molecule has 1 aromatic carbocycles. The summed E-state index contributed by atoms with van der Waals surface area (Å²) in [5.41, 5.74) is 1.35. The maximum atomic E-state index is 11.0. The molecule has 2 rings (SSSR count).